The quantitative estimate of drug-likeness (QED) is 0.700. The fraction of sp³-hybridized carbons (Fsp3) is 0.526. The molecular weight excluding hydrogens is 350 g/mol. The van der Waals surface area contributed by atoms with Crippen LogP contribution in [0.25, 0.3) is 0 Å². The van der Waals surface area contributed by atoms with E-state index >= 15 is 0 Å². The van der Waals surface area contributed by atoms with Crippen LogP contribution in [0.3, 0.4) is 0 Å². The monoisotopic (exact) mass is 379 g/mol. The standard InChI is InChI=1S/C19H29N3O5/c1-12(2)21-17(25)16(13-7-9-14(23)10-8-13)22(6)15(24)11-20-18(26)27-19(3,4)5/h7-10,12,16,23H,11H2,1-6H3,(H,20,26)(H,21,25). The molecule has 1 rings (SSSR count). The molecule has 1 aromatic rings. The molecule has 0 saturated heterocycles. The van der Waals surface area contributed by atoms with Crippen molar-refractivity contribution in [2.75, 3.05) is 13.6 Å². The molecule has 0 aliphatic heterocycles. The van der Waals surface area contributed by atoms with Crippen molar-refractivity contribution >= 4 is 17.9 Å². The van der Waals surface area contributed by atoms with Gasteiger partial charge in [0.15, 0.2) is 0 Å². The van der Waals surface area contributed by atoms with Crippen molar-refractivity contribution in [2.45, 2.75) is 52.3 Å². The SMILES string of the molecule is CC(C)NC(=O)C(c1ccc(O)cc1)N(C)C(=O)CNC(=O)OC(C)(C)C. The van der Waals surface area contributed by atoms with Gasteiger partial charge in [0.05, 0.1) is 0 Å². The molecule has 8 nitrogen and oxygen atoms in total. The minimum Gasteiger partial charge on any atom is -0.508 e. The maximum atomic E-state index is 12.6. The fourth-order valence-electron chi connectivity index (χ4n) is 2.30. The normalized spacial score (nSPS) is 12.3. The number of phenolic OH excluding ortho intramolecular Hbond substituents is 1. The number of nitrogens with zero attached hydrogens (tertiary/aromatic N) is 1. The molecule has 3 amide bonds. The van der Waals surface area contributed by atoms with Gasteiger partial charge >= 0.3 is 6.09 Å². The van der Waals surface area contributed by atoms with E-state index in [2.05, 4.69) is 10.6 Å². The minimum atomic E-state index is -0.902. The zero-order chi connectivity index (χ0) is 20.8. The second-order valence-electron chi connectivity index (χ2n) is 7.52. The molecule has 1 atom stereocenters. The second-order valence-corrected chi connectivity index (χ2v) is 7.52. The number of carbonyl (C=O) groups is 3. The highest BCUT2D eigenvalue weighted by Gasteiger charge is 2.29. The number of carbonyl (C=O) groups excluding carboxylic acids is 3. The topological polar surface area (TPSA) is 108 Å². The number of likely N-dealkylation sites (N-methyl/N-ethyl adjacent to an activating group) is 1. The van der Waals surface area contributed by atoms with Gasteiger partial charge in [-0.1, -0.05) is 12.1 Å². The summed E-state index contributed by atoms with van der Waals surface area (Å²) < 4.78 is 5.10. The predicted molar refractivity (Wildman–Crippen MR) is 101 cm³/mol. The summed E-state index contributed by atoms with van der Waals surface area (Å²) in [5, 5.41) is 14.6. The Morgan fingerprint density at radius 1 is 1.15 bits per heavy atom. The van der Waals surface area contributed by atoms with Gasteiger partial charge in [-0.25, -0.2) is 4.79 Å². The number of hydrogen-bond donors (Lipinski definition) is 3. The second kappa shape index (κ2) is 9.25. The molecule has 0 fully saturated rings. The van der Waals surface area contributed by atoms with E-state index in [9.17, 15) is 19.5 Å². The number of ether oxygens (including phenoxy) is 1. The van der Waals surface area contributed by atoms with Crippen LogP contribution in [-0.2, 0) is 14.3 Å². The first-order valence-corrected chi connectivity index (χ1v) is 8.72. The number of phenols is 1. The van der Waals surface area contributed by atoms with E-state index in [-0.39, 0.29) is 24.2 Å². The van der Waals surface area contributed by atoms with Gasteiger partial charge in [-0.2, -0.15) is 0 Å². The summed E-state index contributed by atoms with van der Waals surface area (Å²) in [4.78, 5) is 38.1. The average Bonchev–Trinajstić information content (AvgIpc) is 2.52. The van der Waals surface area contributed by atoms with Gasteiger partial charge in [-0.15, -0.1) is 0 Å². The van der Waals surface area contributed by atoms with Gasteiger partial charge in [0.1, 0.15) is 23.9 Å². The van der Waals surface area contributed by atoms with Crippen LogP contribution in [0.1, 0.15) is 46.2 Å². The van der Waals surface area contributed by atoms with Crippen molar-refractivity contribution in [3.8, 4) is 5.75 Å². The van der Waals surface area contributed by atoms with Crippen LogP contribution in [0.4, 0.5) is 4.79 Å². The van der Waals surface area contributed by atoms with E-state index in [1.165, 1.54) is 24.1 Å². The largest absolute Gasteiger partial charge is 0.508 e. The fourth-order valence-corrected chi connectivity index (χ4v) is 2.30. The molecule has 0 aliphatic carbocycles. The Morgan fingerprint density at radius 3 is 2.19 bits per heavy atom. The Hall–Kier alpha value is -2.77. The smallest absolute Gasteiger partial charge is 0.408 e. The third kappa shape index (κ3) is 7.55. The number of hydrogen-bond acceptors (Lipinski definition) is 5. The first kappa shape index (κ1) is 22.3. The molecule has 1 unspecified atom stereocenters. The van der Waals surface area contributed by atoms with Gasteiger partial charge in [-0.3, -0.25) is 9.59 Å². The molecule has 0 aliphatic rings. The summed E-state index contributed by atoms with van der Waals surface area (Å²) in [7, 11) is 1.48. The van der Waals surface area contributed by atoms with Gasteiger partial charge in [0.25, 0.3) is 0 Å². The zero-order valence-corrected chi connectivity index (χ0v) is 16.7. The lowest BCUT2D eigenvalue weighted by atomic mass is 10.0. The van der Waals surface area contributed by atoms with Crippen molar-refractivity contribution in [3.05, 3.63) is 29.8 Å². The molecule has 150 valence electrons. The predicted octanol–water partition coefficient (Wildman–Crippen LogP) is 1.94. The highest BCUT2D eigenvalue weighted by Crippen LogP contribution is 2.22. The van der Waals surface area contributed by atoms with Gasteiger partial charge in [0.2, 0.25) is 11.8 Å². The summed E-state index contributed by atoms with van der Waals surface area (Å²) in [6.07, 6.45) is -0.711. The third-order valence-electron chi connectivity index (χ3n) is 3.45. The van der Waals surface area contributed by atoms with Crippen LogP contribution < -0.4 is 10.6 Å². The van der Waals surface area contributed by atoms with Gasteiger partial charge in [0, 0.05) is 13.1 Å². The van der Waals surface area contributed by atoms with Gasteiger partial charge in [-0.05, 0) is 52.3 Å². The molecule has 27 heavy (non-hydrogen) atoms. The summed E-state index contributed by atoms with van der Waals surface area (Å²) in [5.74, 6) is -0.760. The molecule has 0 radical (unpaired) electrons. The molecule has 0 spiro atoms. The maximum Gasteiger partial charge on any atom is 0.408 e. The van der Waals surface area contributed by atoms with Crippen LogP contribution in [-0.4, -0.2) is 53.1 Å². The zero-order valence-electron chi connectivity index (χ0n) is 16.7. The average molecular weight is 379 g/mol. The molecule has 0 aromatic heterocycles. The highest BCUT2D eigenvalue weighted by molar-refractivity contribution is 5.90. The van der Waals surface area contributed by atoms with Crippen molar-refractivity contribution in [1.29, 1.82) is 0 Å². The Labute approximate surface area is 159 Å². The molecule has 0 bridgehead atoms. The van der Waals surface area contributed by atoms with Crippen molar-refractivity contribution in [2.24, 2.45) is 0 Å². The van der Waals surface area contributed by atoms with Crippen LogP contribution in [0, 0.1) is 0 Å². The maximum absolute atomic E-state index is 12.6. The molecule has 0 heterocycles. The van der Waals surface area contributed by atoms with E-state index in [0.29, 0.717) is 5.56 Å². The van der Waals surface area contributed by atoms with Crippen molar-refractivity contribution in [1.82, 2.24) is 15.5 Å². The van der Waals surface area contributed by atoms with Crippen LogP contribution in [0.5, 0.6) is 5.75 Å². The Morgan fingerprint density at radius 2 is 1.70 bits per heavy atom. The molecule has 0 saturated carbocycles. The summed E-state index contributed by atoms with van der Waals surface area (Å²) in [6.45, 7) is 8.48. The first-order valence-electron chi connectivity index (χ1n) is 8.72. The molecule has 1 aromatic carbocycles. The Bertz CT molecular complexity index is 665. The van der Waals surface area contributed by atoms with E-state index in [0.717, 1.165) is 0 Å². The van der Waals surface area contributed by atoms with E-state index in [1.54, 1.807) is 32.9 Å². The van der Waals surface area contributed by atoms with Crippen LogP contribution >= 0.6 is 0 Å². The number of rotatable bonds is 6. The lowest BCUT2D eigenvalue weighted by Crippen LogP contribution is -2.47. The van der Waals surface area contributed by atoms with E-state index < -0.39 is 23.6 Å². The van der Waals surface area contributed by atoms with Gasteiger partial charge < -0.3 is 25.4 Å². The Balaban J connectivity index is 2.90. The number of alkyl carbamates (subject to hydrolysis) is 1. The summed E-state index contributed by atoms with van der Waals surface area (Å²) in [5.41, 5.74) is -0.135. The molecular formula is C19H29N3O5. The number of benzene rings is 1. The lowest BCUT2D eigenvalue weighted by molar-refractivity contribution is -0.138. The Kier molecular flexibility index (Phi) is 7.63. The lowest BCUT2D eigenvalue weighted by Gasteiger charge is -2.29. The van der Waals surface area contributed by atoms with Crippen LogP contribution in [0.15, 0.2) is 24.3 Å². The van der Waals surface area contributed by atoms with E-state index in [4.69, 9.17) is 4.74 Å². The van der Waals surface area contributed by atoms with Crippen molar-refractivity contribution in [3.63, 3.8) is 0 Å². The highest BCUT2D eigenvalue weighted by atomic mass is 16.6. The van der Waals surface area contributed by atoms with Crippen LogP contribution in [0.2, 0.25) is 0 Å². The van der Waals surface area contributed by atoms with E-state index in [1.807, 2.05) is 13.8 Å². The summed E-state index contributed by atoms with van der Waals surface area (Å²) >= 11 is 0. The minimum absolute atomic E-state index is 0.0577. The third-order valence-corrected chi connectivity index (χ3v) is 3.45. The summed E-state index contributed by atoms with van der Waals surface area (Å²) in [6, 6.07) is 5.03. The van der Waals surface area contributed by atoms with Crippen molar-refractivity contribution < 1.29 is 24.2 Å². The number of aromatic hydroxyl groups is 1. The number of nitrogens with one attached hydrogen (secondary N) is 2. The molecule has 8 heteroatoms. The first-order chi connectivity index (χ1) is 12.4. The molecule has 3 N–H and O–H groups in total. The number of amides is 3.